The van der Waals surface area contributed by atoms with Crippen LogP contribution < -0.4 is 0 Å². The van der Waals surface area contributed by atoms with E-state index in [1.165, 1.54) is 72.0 Å². The van der Waals surface area contributed by atoms with Gasteiger partial charge in [-0.1, -0.05) is 78.9 Å². The van der Waals surface area contributed by atoms with Crippen LogP contribution in [0.25, 0.3) is 55.3 Å². The lowest BCUT2D eigenvalue weighted by atomic mass is 10.0. The van der Waals surface area contributed by atoms with E-state index in [9.17, 15) is 0 Å². The van der Waals surface area contributed by atoms with Gasteiger partial charge in [0.25, 0.3) is 0 Å². The first kappa shape index (κ1) is 19.7. The molecule has 0 unspecified atom stereocenters. The molecule has 0 atom stereocenters. The lowest BCUT2D eigenvalue weighted by Gasteiger charge is -2.14. The molecule has 2 heteroatoms. The smallest absolute Gasteiger partial charge is 0.0616 e. The monoisotopic (exact) mass is 460 g/mol. The molecular weight excluding hydrogens is 436 g/mol. The number of fused-ring (bicyclic) bond motifs is 8. The Balaban J connectivity index is 1.39. The van der Waals surface area contributed by atoms with Crippen molar-refractivity contribution in [3.8, 4) is 28.1 Å². The largest absolute Gasteiger partial charge is 0.323 e. The molecule has 1 aliphatic rings. The molecule has 0 amide bonds. The van der Waals surface area contributed by atoms with Crippen LogP contribution in [0.3, 0.4) is 0 Å². The molecule has 0 radical (unpaired) electrons. The van der Waals surface area contributed by atoms with Crippen molar-refractivity contribution in [3.63, 3.8) is 0 Å². The summed E-state index contributed by atoms with van der Waals surface area (Å²) in [5.74, 6) is 0. The van der Waals surface area contributed by atoms with E-state index in [4.69, 9.17) is 0 Å². The molecule has 7 aromatic rings. The third-order valence-electron chi connectivity index (χ3n) is 7.98. The predicted molar refractivity (Wildman–Crippen MR) is 150 cm³/mol. The molecule has 0 saturated carbocycles. The molecule has 1 aliphatic carbocycles. The highest BCUT2D eigenvalue weighted by atomic mass is 15.0. The molecule has 36 heavy (non-hydrogen) atoms. The highest BCUT2D eigenvalue weighted by Gasteiger charge is 2.28. The molecule has 8 rings (SSSR count). The normalized spacial score (nSPS) is 12.5. The summed E-state index contributed by atoms with van der Waals surface area (Å²) >= 11 is 0. The van der Waals surface area contributed by atoms with Gasteiger partial charge in [-0.2, -0.15) is 0 Å². The van der Waals surface area contributed by atoms with Crippen LogP contribution in [-0.4, -0.2) is 8.97 Å². The van der Waals surface area contributed by atoms with Gasteiger partial charge in [0.05, 0.1) is 11.2 Å². The zero-order chi connectivity index (χ0) is 23.8. The van der Waals surface area contributed by atoms with Gasteiger partial charge in [-0.05, 0) is 58.8 Å². The van der Waals surface area contributed by atoms with Crippen molar-refractivity contribution in [3.05, 3.63) is 132 Å². The van der Waals surface area contributed by atoms with E-state index >= 15 is 0 Å². The Bertz CT molecular complexity index is 1970. The van der Waals surface area contributed by atoms with Crippen molar-refractivity contribution in [1.82, 2.24) is 8.97 Å². The van der Waals surface area contributed by atoms with Gasteiger partial charge < -0.3 is 8.97 Å². The summed E-state index contributed by atoms with van der Waals surface area (Å²) in [4.78, 5) is 0. The van der Waals surface area contributed by atoms with Crippen LogP contribution in [0.15, 0.2) is 116 Å². The first-order valence-corrected chi connectivity index (χ1v) is 12.6. The summed E-state index contributed by atoms with van der Waals surface area (Å²) in [5.41, 5.74) is 13.2. The second-order valence-corrected chi connectivity index (χ2v) is 9.89. The van der Waals surface area contributed by atoms with E-state index in [0.29, 0.717) is 0 Å². The third kappa shape index (κ3) is 2.61. The zero-order valence-corrected chi connectivity index (χ0v) is 20.1. The maximum atomic E-state index is 2.51. The SMILES string of the molecule is Cc1c(-c2ccc(-n3c4c(c5ccc6ccccc6c53)Cc3ccccc3-4)cc2)cn2ccccc12. The Morgan fingerprint density at radius 2 is 1.47 bits per heavy atom. The standard InChI is InChI=1S/C34H24N2/c1-22-31(21-35-19-7-6-12-32(22)35)24-13-16-26(17-14-24)36-33-27-10-4-2-8-23(27)15-18-29(33)30-20-25-9-3-5-11-28(25)34(30)36/h2-19,21H,20H2,1H3. The van der Waals surface area contributed by atoms with E-state index in [2.05, 4.69) is 131 Å². The molecule has 3 heterocycles. The number of aromatic nitrogens is 2. The number of pyridine rings is 1. The average molecular weight is 461 g/mol. The van der Waals surface area contributed by atoms with Crippen LogP contribution >= 0.6 is 0 Å². The Morgan fingerprint density at radius 3 is 2.36 bits per heavy atom. The lowest BCUT2D eigenvalue weighted by molar-refractivity contribution is 1.14. The molecule has 3 aromatic heterocycles. The fourth-order valence-electron chi connectivity index (χ4n) is 6.27. The average Bonchev–Trinajstić information content (AvgIpc) is 3.58. The summed E-state index contributed by atoms with van der Waals surface area (Å²) in [5, 5.41) is 3.95. The van der Waals surface area contributed by atoms with Crippen molar-refractivity contribution in [2.24, 2.45) is 0 Å². The first-order valence-electron chi connectivity index (χ1n) is 12.6. The van der Waals surface area contributed by atoms with Gasteiger partial charge >= 0.3 is 0 Å². The highest BCUT2D eigenvalue weighted by Crippen LogP contribution is 2.46. The van der Waals surface area contributed by atoms with Gasteiger partial charge in [0.2, 0.25) is 0 Å². The summed E-state index contributed by atoms with van der Waals surface area (Å²) in [7, 11) is 0. The van der Waals surface area contributed by atoms with Crippen LogP contribution in [-0.2, 0) is 6.42 Å². The van der Waals surface area contributed by atoms with E-state index in [0.717, 1.165) is 6.42 Å². The predicted octanol–water partition coefficient (Wildman–Crippen LogP) is 8.58. The fraction of sp³-hybridized carbons (Fsp3) is 0.0588. The molecule has 170 valence electrons. The van der Waals surface area contributed by atoms with Gasteiger partial charge in [-0.25, -0.2) is 0 Å². The number of hydrogen-bond acceptors (Lipinski definition) is 0. The molecule has 0 saturated heterocycles. The molecular formula is C34H24N2. The van der Waals surface area contributed by atoms with Crippen molar-refractivity contribution in [2.75, 3.05) is 0 Å². The Hall–Kier alpha value is -4.56. The molecule has 0 aliphatic heterocycles. The maximum Gasteiger partial charge on any atom is 0.0616 e. The summed E-state index contributed by atoms with van der Waals surface area (Å²) < 4.78 is 4.72. The minimum Gasteiger partial charge on any atom is -0.323 e. The van der Waals surface area contributed by atoms with E-state index in [1.54, 1.807) is 0 Å². The molecule has 0 fully saturated rings. The summed E-state index contributed by atoms with van der Waals surface area (Å²) in [6.07, 6.45) is 5.35. The third-order valence-corrected chi connectivity index (χ3v) is 7.98. The van der Waals surface area contributed by atoms with Crippen molar-refractivity contribution < 1.29 is 0 Å². The number of hydrogen-bond donors (Lipinski definition) is 0. The molecule has 0 N–H and O–H groups in total. The van der Waals surface area contributed by atoms with Crippen LogP contribution in [0.2, 0.25) is 0 Å². The van der Waals surface area contributed by atoms with Gasteiger partial charge in [0.15, 0.2) is 0 Å². The molecule has 2 nitrogen and oxygen atoms in total. The van der Waals surface area contributed by atoms with Gasteiger partial charge in [0.1, 0.15) is 0 Å². The minimum atomic E-state index is 0.988. The van der Waals surface area contributed by atoms with E-state index in [-0.39, 0.29) is 0 Å². The van der Waals surface area contributed by atoms with Gasteiger partial charge in [-0.15, -0.1) is 0 Å². The number of nitrogens with zero attached hydrogens (tertiary/aromatic N) is 2. The molecule has 0 bridgehead atoms. The Morgan fingerprint density at radius 1 is 0.667 bits per heavy atom. The number of benzene rings is 4. The zero-order valence-electron chi connectivity index (χ0n) is 20.1. The number of aryl methyl sites for hydroxylation is 1. The van der Waals surface area contributed by atoms with Crippen LogP contribution in [0, 0.1) is 6.92 Å². The van der Waals surface area contributed by atoms with Crippen LogP contribution in [0.1, 0.15) is 16.7 Å². The van der Waals surface area contributed by atoms with Crippen molar-refractivity contribution in [2.45, 2.75) is 13.3 Å². The summed E-state index contributed by atoms with van der Waals surface area (Å²) in [6.45, 7) is 2.22. The van der Waals surface area contributed by atoms with Crippen molar-refractivity contribution in [1.29, 1.82) is 0 Å². The maximum absolute atomic E-state index is 2.51. The highest BCUT2D eigenvalue weighted by molar-refractivity contribution is 6.11. The van der Waals surface area contributed by atoms with Gasteiger partial charge in [-0.3, -0.25) is 0 Å². The van der Waals surface area contributed by atoms with Crippen LogP contribution in [0.4, 0.5) is 0 Å². The van der Waals surface area contributed by atoms with Gasteiger partial charge in [0, 0.05) is 51.9 Å². The Labute approximate surface area is 209 Å². The molecule has 0 spiro atoms. The fourth-order valence-corrected chi connectivity index (χ4v) is 6.27. The second-order valence-electron chi connectivity index (χ2n) is 9.89. The molecule has 4 aromatic carbocycles. The van der Waals surface area contributed by atoms with E-state index < -0.39 is 0 Å². The minimum absolute atomic E-state index is 0.988. The first-order chi connectivity index (χ1) is 17.8. The summed E-state index contributed by atoms with van der Waals surface area (Å²) in [6, 6.07) is 37.8. The Kier molecular flexibility index (Phi) is 3.96. The quantitative estimate of drug-likeness (QED) is 0.244. The topological polar surface area (TPSA) is 9.34 Å². The number of rotatable bonds is 2. The van der Waals surface area contributed by atoms with E-state index in [1.807, 2.05) is 0 Å². The van der Waals surface area contributed by atoms with Crippen LogP contribution in [0.5, 0.6) is 0 Å². The lowest BCUT2D eigenvalue weighted by Crippen LogP contribution is -1.97. The van der Waals surface area contributed by atoms with Crippen molar-refractivity contribution >= 4 is 27.2 Å². The second kappa shape index (κ2) is 7.22.